The summed E-state index contributed by atoms with van der Waals surface area (Å²) in [6, 6.07) is -0.208. The minimum absolute atomic E-state index is 0.104. The van der Waals surface area contributed by atoms with E-state index in [1.807, 2.05) is 13.8 Å². The lowest BCUT2D eigenvalue weighted by Gasteiger charge is -2.18. The third-order valence-corrected chi connectivity index (χ3v) is 5.43. The van der Waals surface area contributed by atoms with Gasteiger partial charge in [-0.05, 0) is 18.8 Å². The van der Waals surface area contributed by atoms with Gasteiger partial charge in [-0.15, -0.1) is 0 Å². The molecule has 1 atom stereocenters. The van der Waals surface area contributed by atoms with Gasteiger partial charge in [-0.25, -0.2) is 8.42 Å². The van der Waals surface area contributed by atoms with Gasteiger partial charge < -0.3 is 5.73 Å². The second-order valence-electron chi connectivity index (χ2n) is 4.64. The Morgan fingerprint density at radius 1 is 1.29 bits per heavy atom. The highest BCUT2D eigenvalue weighted by atomic mass is 32.2. The molecule has 14 heavy (non-hydrogen) atoms. The third-order valence-electron chi connectivity index (χ3n) is 3.09. The van der Waals surface area contributed by atoms with Crippen molar-refractivity contribution < 1.29 is 8.42 Å². The lowest BCUT2D eigenvalue weighted by atomic mass is 10.1. The molecule has 1 aliphatic carbocycles. The van der Waals surface area contributed by atoms with E-state index in [4.69, 9.17) is 5.73 Å². The smallest absolute Gasteiger partial charge is 0.154 e. The molecule has 0 bridgehead atoms. The molecule has 3 nitrogen and oxygen atoms in total. The summed E-state index contributed by atoms with van der Waals surface area (Å²) in [5.74, 6) is 0.404. The quantitative estimate of drug-likeness (QED) is 0.776. The number of rotatable bonds is 4. The maximum atomic E-state index is 11.9. The lowest BCUT2D eigenvalue weighted by Crippen LogP contribution is -2.37. The number of hydrogen-bond donors (Lipinski definition) is 1. The second kappa shape index (κ2) is 4.62. The zero-order valence-corrected chi connectivity index (χ0v) is 9.89. The summed E-state index contributed by atoms with van der Waals surface area (Å²) in [5, 5.41) is -0.104. The fourth-order valence-electron chi connectivity index (χ4n) is 1.84. The standard InChI is InChI=1S/C10H21NO2S/c1-8(2)10(11)7-14(12,13)9-5-3-4-6-9/h8-10H,3-7,11H2,1-2H3. The van der Waals surface area contributed by atoms with Gasteiger partial charge in [-0.1, -0.05) is 26.7 Å². The first-order valence-electron chi connectivity index (χ1n) is 5.40. The first kappa shape index (κ1) is 12.0. The monoisotopic (exact) mass is 219 g/mol. The van der Waals surface area contributed by atoms with Crippen LogP contribution in [0.1, 0.15) is 39.5 Å². The van der Waals surface area contributed by atoms with Crippen molar-refractivity contribution in [2.45, 2.75) is 50.8 Å². The fraction of sp³-hybridized carbons (Fsp3) is 1.00. The molecule has 0 aromatic carbocycles. The van der Waals surface area contributed by atoms with Crippen molar-refractivity contribution in [2.75, 3.05) is 5.75 Å². The molecule has 2 N–H and O–H groups in total. The topological polar surface area (TPSA) is 60.2 Å². The molecule has 0 aromatic heterocycles. The van der Waals surface area contributed by atoms with Gasteiger partial charge in [0.15, 0.2) is 9.84 Å². The van der Waals surface area contributed by atoms with E-state index in [-0.39, 0.29) is 23.0 Å². The van der Waals surface area contributed by atoms with Crippen LogP contribution in [0.4, 0.5) is 0 Å². The van der Waals surface area contributed by atoms with E-state index in [1.54, 1.807) is 0 Å². The van der Waals surface area contributed by atoms with Crippen LogP contribution in [0.3, 0.4) is 0 Å². The summed E-state index contributed by atoms with van der Waals surface area (Å²) in [5.41, 5.74) is 5.79. The van der Waals surface area contributed by atoms with Crippen LogP contribution in [-0.4, -0.2) is 25.5 Å². The van der Waals surface area contributed by atoms with Crippen molar-refractivity contribution in [2.24, 2.45) is 11.7 Å². The molecule has 0 heterocycles. The van der Waals surface area contributed by atoms with E-state index in [2.05, 4.69) is 0 Å². The van der Waals surface area contributed by atoms with Crippen LogP contribution in [0.2, 0.25) is 0 Å². The molecular weight excluding hydrogens is 198 g/mol. The van der Waals surface area contributed by atoms with Crippen LogP contribution in [0.25, 0.3) is 0 Å². The first-order chi connectivity index (χ1) is 6.43. The van der Waals surface area contributed by atoms with E-state index >= 15 is 0 Å². The van der Waals surface area contributed by atoms with Crippen LogP contribution < -0.4 is 5.73 Å². The summed E-state index contributed by atoms with van der Waals surface area (Å²) in [6.45, 7) is 3.93. The van der Waals surface area contributed by atoms with Gasteiger partial charge in [-0.2, -0.15) is 0 Å². The van der Waals surface area contributed by atoms with Gasteiger partial charge in [0.25, 0.3) is 0 Å². The largest absolute Gasteiger partial charge is 0.327 e. The minimum Gasteiger partial charge on any atom is -0.327 e. The molecule has 4 heteroatoms. The Labute approximate surface area is 87.0 Å². The van der Waals surface area contributed by atoms with Crippen molar-refractivity contribution in [1.82, 2.24) is 0 Å². The zero-order valence-electron chi connectivity index (χ0n) is 9.07. The Bertz CT molecular complexity index is 266. The molecule has 0 aromatic rings. The fourth-order valence-corrected chi connectivity index (χ4v) is 4.09. The summed E-state index contributed by atoms with van der Waals surface area (Å²) < 4.78 is 23.7. The van der Waals surface area contributed by atoms with Crippen LogP contribution in [0.5, 0.6) is 0 Å². The van der Waals surface area contributed by atoms with Crippen LogP contribution in [0.15, 0.2) is 0 Å². The average molecular weight is 219 g/mol. The average Bonchev–Trinajstić information content (AvgIpc) is 2.54. The van der Waals surface area contributed by atoms with Gasteiger partial charge >= 0.3 is 0 Å². The Morgan fingerprint density at radius 3 is 2.21 bits per heavy atom. The van der Waals surface area contributed by atoms with E-state index in [9.17, 15) is 8.42 Å². The molecule has 0 saturated heterocycles. The van der Waals surface area contributed by atoms with Gasteiger partial charge in [-0.3, -0.25) is 0 Å². The SMILES string of the molecule is CC(C)C(N)CS(=O)(=O)C1CCCC1. The molecule has 0 amide bonds. The van der Waals surface area contributed by atoms with Crippen molar-refractivity contribution in [3.63, 3.8) is 0 Å². The van der Waals surface area contributed by atoms with E-state index in [1.165, 1.54) is 0 Å². The van der Waals surface area contributed by atoms with E-state index in [0.29, 0.717) is 0 Å². The summed E-state index contributed by atoms with van der Waals surface area (Å²) >= 11 is 0. The molecule has 1 aliphatic rings. The Kier molecular flexibility index (Phi) is 3.95. The predicted octanol–water partition coefficient (Wildman–Crippen LogP) is 1.33. The van der Waals surface area contributed by atoms with Crippen LogP contribution in [-0.2, 0) is 9.84 Å². The van der Waals surface area contributed by atoms with Crippen LogP contribution >= 0.6 is 0 Å². The molecule has 1 unspecified atom stereocenters. The highest BCUT2D eigenvalue weighted by molar-refractivity contribution is 7.92. The normalized spacial score (nSPS) is 21.7. The molecule has 1 fully saturated rings. The Balaban J connectivity index is 2.57. The first-order valence-corrected chi connectivity index (χ1v) is 7.12. The van der Waals surface area contributed by atoms with Gasteiger partial charge in [0.2, 0.25) is 0 Å². The third kappa shape index (κ3) is 2.95. The number of nitrogens with two attached hydrogens (primary N) is 1. The molecule has 1 saturated carbocycles. The summed E-state index contributed by atoms with van der Waals surface area (Å²) in [4.78, 5) is 0. The molecule has 0 aliphatic heterocycles. The van der Waals surface area contributed by atoms with Crippen molar-refractivity contribution in [3.8, 4) is 0 Å². The van der Waals surface area contributed by atoms with Crippen molar-refractivity contribution >= 4 is 9.84 Å². The predicted molar refractivity (Wildman–Crippen MR) is 58.9 cm³/mol. The van der Waals surface area contributed by atoms with Gasteiger partial charge in [0.1, 0.15) is 0 Å². The zero-order chi connectivity index (χ0) is 10.8. The molecule has 84 valence electrons. The molecule has 1 rings (SSSR count). The highest BCUT2D eigenvalue weighted by Gasteiger charge is 2.30. The highest BCUT2D eigenvalue weighted by Crippen LogP contribution is 2.25. The number of sulfone groups is 1. The Morgan fingerprint density at radius 2 is 1.79 bits per heavy atom. The number of hydrogen-bond acceptors (Lipinski definition) is 3. The van der Waals surface area contributed by atoms with Crippen molar-refractivity contribution in [1.29, 1.82) is 0 Å². The van der Waals surface area contributed by atoms with Gasteiger partial charge in [0, 0.05) is 6.04 Å². The van der Waals surface area contributed by atoms with E-state index in [0.717, 1.165) is 25.7 Å². The molecular formula is C10H21NO2S. The van der Waals surface area contributed by atoms with Gasteiger partial charge in [0.05, 0.1) is 11.0 Å². The van der Waals surface area contributed by atoms with Crippen LogP contribution in [0, 0.1) is 5.92 Å². The minimum atomic E-state index is -2.93. The maximum absolute atomic E-state index is 11.9. The Hall–Kier alpha value is -0.0900. The maximum Gasteiger partial charge on any atom is 0.154 e. The second-order valence-corrected chi connectivity index (χ2v) is 6.97. The van der Waals surface area contributed by atoms with Crippen molar-refractivity contribution in [3.05, 3.63) is 0 Å². The lowest BCUT2D eigenvalue weighted by molar-refractivity contribution is 0.511. The van der Waals surface area contributed by atoms with E-state index < -0.39 is 9.84 Å². The molecule has 0 spiro atoms. The summed E-state index contributed by atoms with van der Waals surface area (Å²) in [6.07, 6.45) is 3.79. The molecule has 0 radical (unpaired) electrons. The summed E-state index contributed by atoms with van der Waals surface area (Å²) in [7, 11) is -2.93.